The summed E-state index contributed by atoms with van der Waals surface area (Å²) in [5, 5.41) is 0. The summed E-state index contributed by atoms with van der Waals surface area (Å²) in [5.74, 6) is 2.72. The molecular weight excluding hydrogens is 224 g/mol. The van der Waals surface area contributed by atoms with Gasteiger partial charge in [-0.2, -0.15) is 0 Å². The van der Waals surface area contributed by atoms with Gasteiger partial charge in [0.2, 0.25) is 0 Å². The Bertz CT molecular complexity index is 386. The van der Waals surface area contributed by atoms with Crippen LogP contribution in [0.15, 0.2) is 16.5 Å². The van der Waals surface area contributed by atoms with E-state index in [4.69, 9.17) is 10.2 Å². The lowest BCUT2D eigenvalue weighted by Gasteiger charge is -2.43. The highest BCUT2D eigenvalue weighted by atomic mass is 16.3. The molecule has 1 aliphatic rings. The van der Waals surface area contributed by atoms with E-state index in [1.807, 2.05) is 13.0 Å². The van der Waals surface area contributed by atoms with Gasteiger partial charge in [-0.25, -0.2) is 0 Å². The van der Waals surface area contributed by atoms with Gasteiger partial charge in [0.15, 0.2) is 0 Å². The Kier molecular flexibility index (Phi) is 4.13. The molecular formula is C15H26N2O. The Hall–Kier alpha value is -0.800. The Morgan fingerprint density at radius 1 is 1.39 bits per heavy atom. The lowest BCUT2D eigenvalue weighted by Crippen LogP contribution is -2.49. The van der Waals surface area contributed by atoms with Gasteiger partial charge in [0, 0.05) is 12.1 Å². The number of likely N-dealkylation sites (tertiary alicyclic amines) is 1. The molecule has 3 nitrogen and oxygen atoms in total. The first-order chi connectivity index (χ1) is 8.50. The molecule has 2 N–H and O–H groups in total. The van der Waals surface area contributed by atoms with Crippen LogP contribution in [0.3, 0.4) is 0 Å². The zero-order valence-corrected chi connectivity index (χ0v) is 12.0. The van der Waals surface area contributed by atoms with Crippen molar-refractivity contribution in [3.8, 4) is 0 Å². The standard InChI is InChI=1S/C15H26N2O/c1-10-6-5-9-17(13(10)4)15(12(3)16)14-8-7-11(2)18-14/h7-8,10,12-13,15H,5-6,9,16H2,1-4H3. The number of aryl methyl sites for hydroxylation is 1. The van der Waals surface area contributed by atoms with Crippen LogP contribution < -0.4 is 5.73 Å². The smallest absolute Gasteiger partial charge is 0.122 e. The van der Waals surface area contributed by atoms with Gasteiger partial charge in [0.1, 0.15) is 11.5 Å². The summed E-state index contributed by atoms with van der Waals surface area (Å²) in [5.41, 5.74) is 6.21. The Morgan fingerprint density at radius 3 is 2.67 bits per heavy atom. The normalized spacial score (nSPS) is 29.2. The van der Waals surface area contributed by atoms with Crippen molar-refractivity contribution in [1.29, 1.82) is 0 Å². The SMILES string of the molecule is Cc1ccc(C(C(C)N)N2CCCC(C)C2C)o1. The minimum absolute atomic E-state index is 0.0864. The Labute approximate surface area is 110 Å². The van der Waals surface area contributed by atoms with E-state index in [1.54, 1.807) is 0 Å². The van der Waals surface area contributed by atoms with Gasteiger partial charge in [0.05, 0.1) is 6.04 Å². The maximum atomic E-state index is 6.21. The molecule has 1 aromatic rings. The number of rotatable bonds is 3. The van der Waals surface area contributed by atoms with Crippen molar-refractivity contribution in [2.75, 3.05) is 6.54 Å². The fraction of sp³-hybridized carbons (Fsp3) is 0.733. The summed E-state index contributed by atoms with van der Waals surface area (Å²) in [6.45, 7) is 9.84. The van der Waals surface area contributed by atoms with Gasteiger partial charge in [0.25, 0.3) is 0 Å². The fourth-order valence-corrected chi connectivity index (χ4v) is 3.10. The van der Waals surface area contributed by atoms with E-state index in [1.165, 1.54) is 12.8 Å². The number of piperidine rings is 1. The van der Waals surface area contributed by atoms with Crippen molar-refractivity contribution in [2.45, 2.75) is 58.7 Å². The zero-order valence-electron chi connectivity index (χ0n) is 12.0. The molecule has 0 saturated carbocycles. The van der Waals surface area contributed by atoms with Crippen LogP contribution in [-0.2, 0) is 0 Å². The van der Waals surface area contributed by atoms with Crippen LogP contribution >= 0.6 is 0 Å². The van der Waals surface area contributed by atoms with Crippen LogP contribution in [0.25, 0.3) is 0 Å². The molecule has 1 aromatic heterocycles. The zero-order chi connectivity index (χ0) is 13.3. The van der Waals surface area contributed by atoms with Crippen molar-refractivity contribution in [1.82, 2.24) is 4.90 Å². The van der Waals surface area contributed by atoms with Crippen LogP contribution in [-0.4, -0.2) is 23.5 Å². The van der Waals surface area contributed by atoms with E-state index < -0.39 is 0 Å². The van der Waals surface area contributed by atoms with Crippen molar-refractivity contribution >= 4 is 0 Å². The molecule has 4 unspecified atom stereocenters. The summed E-state index contributed by atoms with van der Waals surface area (Å²) in [7, 11) is 0. The lowest BCUT2D eigenvalue weighted by molar-refractivity contribution is 0.0475. The third-order valence-electron chi connectivity index (χ3n) is 4.33. The van der Waals surface area contributed by atoms with E-state index in [2.05, 4.69) is 31.7 Å². The number of hydrogen-bond acceptors (Lipinski definition) is 3. The quantitative estimate of drug-likeness (QED) is 0.896. The predicted octanol–water partition coefficient (Wildman–Crippen LogP) is 3.10. The van der Waals surface area contributed by atoms with Crippen LogP contribution in [0.4, 0.5) is 0 Å². The molecule has 0 amide bonds. The van der Waals surface area contributed by atoms with Gasteiger partial charge in [-0.05, 0) is 58.2 Å². The van der Waals surface area contributed by atoms with Crippen molar-refractivity contribution in [2.24, 2.45) is 11.7 Å². The van der Waals surface area contributed by atoms with E-state index in [9.17, 15) is 0 Å². The van der Waals surface area contributed by atoms with Crippen molar-refractivity contribution in [3.63, 3.8) is 0 Å². The van der Waals surface area contributed by atoms with E-state index >= 15 is 0 Å². The van der Waals surface area contributed by atoms with Crippen LogP contribution in [0.5, 0.6) is 0 Å². The average Bonchev–Trinajstić information content (AvgIpc) is 2.71. The third kappa shape index (κ3) is 2.62. The summed E-state index contributed by atoms with van der Waals surface area (Å²) in [6, 6.07) is 4.97. The summed E-state index contributed by atoms with van der Waals surface area (Å²) in [6.07, 6.45) is 2.58. The summed E-state index contributed by atoms with van der Waals surface area (Å²) < 4.78 is 5.82. The number of nitrogens with zero attached hydrogens (tertiary/aromatic N) is 1. The third-order valence-corrected chi connectivity index (χ3v) is 4.33. The van der Waals surface area contributed by atoms with Gasteiger partial charge in [-0.1, -0.05) is 6.92 Å². The highest BCUT2D eigenvalue weighted by Gasteiger charge is 2.34. The Morgan fingerprint density at radius 2 is 2.11 bits per heavy atom. The first-order valence-corrected chi connectivity index (χ1v) is 7.08. The van der Waals surface area contributed by atoms with Crippen molar-refractivity contribution < 1.29 is 4.42 Å². The molecule has 3 heteroatoms. The van der Waals surface area contributed by atoms with Crippen LogP contribution in [0.2, 0.25) is 0 Å². The van der Waals surface area contributed by atoms with Gasteiger partial charge < -0.3 is 10.2 Å². The highest BCUT2D eigenvalue weighted by Crippen LogP contribution is 2.33. The van der Waals surface area contributed by atoms with Gasteiger partial charge >= 0.3 is 0 Å². The summed E-state index contributed by atoms with van der Waals surface area (Å²) >= 11 is 0. The monoisotopic (exact) mass is 250 g/mol. The molecule has 1 saturated heterocycles. The number of nitrogens with two attached hydrogens (primary N) is 1. The predicted molar refractivity (Wildman–Crippen MR) is 74.4 cm³/mol. The maximum Gasteiger partial charge on any atom is 0.122 e. The van der Waals surface area contributed by atoms with Crippen LogP contribution in [0, 0.1) is 12.8 Å². The molecule has 1 aliphatic heterocycles. The molecule has 0 bridgehead atoms. The van der Waals surface area contributed by atoms with Gasteiger partial charge in [-0.15, -0.1) is 0 Å². The van der Waals surface area contributed by atoms with Crippen molar-refractivity contribution in [3.05, 3.63) is 23.7 Å². The number of hydrogen-bond donors (Lipinski definition) is 1. The molecule has 1 fully saturated rings. The first-order valence-electron chi connectivity index (χ1n) is 7.08. The second-order valence-electron chi connectivity index (χ2n) is 5.85. The number of furan rings is 1. The molecule has 0 radical (unpaired) electrons. The van der Waals surface area contributed by atoms with E-state index in [0.29, 0.717) is 6.04 Å². The Balaban J connectivity index is 2.24. The van der Waals surface area contributed by atoms with E-state index in [0.717, 1.165) is 24.0 Å². The average molecular weight is 250 g/mol. The maximum absolute atomic E-state index is 6.21. The molecule has 2 heterocycles. The molecule has 0 spiro atoms. The minimum Gasteiger partial charge on any atom is -0.465 e. The highest BCUT2D eigenvalue weighted by molar-refractivity contribution is 5.12. The first kappa shape index (κ1) is 13.6. The minimum atomic E-state index is 0.0864. The second kappa shape index (κ2) is 5.45. The lowest BCUT2D eigenvalue weighted by atomic mass is 9.89. The van der Waals surface area contributed by atoms with E-state index in [-0.39, 0.29) is 12.1 Å². The largest absolute Gasteiger partial charge is 0.465 e. The molecule has 18 heavy (non-hydrogen) atoms. The molecule has 102 valence electrons. The summed E-state index contributed by atoms with van der Waals surface area (Å²) in [4.78, 5) is 2.52. The molecule has 2 rings (SSSR count). The molecule has 0 aliphatic carbocycles. The van der Waals surface area contributed by atoms with Gasteiger partial charge in [-0.3, -0.25) is 4.90 Å². The topological polar surface area (TPSA) is 42.4 Å². The second-order valence-corrected chi connectivity index (χ2v) is 5.85. The van der Waals surface area contributed by atoms with Crippen LogP contribution in [0.1, 0.15) is 51.2 Å². The fourth-order valence-electron chi connectivity index (χ4n) is 3.10. The molecule has 4 atom stereocenters. The molecule has 0 aromatic carbocycles.